The molecule has 0 atom stereocenters. The minimum Gasteiger partial charge on any atom is -0.351 e. The Bertz CT molecular complexity index is 383. The Morgan fingerprint density at radius 2 is 1.89 bits per heavy atom. The van der Waals surface area contributed by atoms with Crippen molar-refractivity contribution in [2.24, 2.45) is 5.73 Å². The first-order chi connectivity index (χ1) is 8.79. The lowest BCUT2D eigenvalue weighted by atomic mass is 10.1. The molecule has 1 aromatic carbocycles. The molecule has 3 N–H and O–H groups in total. The molecule has 1 fully saturated rings. The summed E-state index contributed by atoms with van der Waals surface area (Å²) in [5.41, 5.74) is 7.27. The molecule has 1 aromatic rings. The molecule has 4 heteroatoms. The minimum atomic E-state index is -0.00207. The predicted octanol–water partition coefficient (Wildman–Crippen LogP) is 0.971. The maximum absolute atomic E-state index is 11.9. The van der Waals surface area contributed by atoms with Gasteiger partial charge in [0.25, 0.3) is 5.91 Å². The molecule has 98 valence electrons. The van der Waals surface area contributed by atoms with Gasteiger partial charge in [-0.05, 0) is 43.6 Å². The third-order valence-electron chi connectivity index (χ3n) is 3.36. The van der Waals surface area contributed by atoms with Gasteiger partial charge in [0, 0.05) is 25.2 Å². The van der Waals surface area contributed by atoms with Crippen LogP contribution in [0.25, 0.3) is 0 Å². The summed E-state index contributed by atoms with van der Waals surface area (Å²) in [5.74, 6) is -0.00207. The number of nitrogens with one attached hydrogen (secondary N) is 1. The quantitative estimate of drug-likeness (QED) is 0.815. The van der Waals surface area contributed by atoms with Crippen molar-refractivity contribution in [1.82, 2.24) is 10.2 Å². The van der Waals surface area contributed by atoms with Gasteiger partial charge in [-0.15, -0.1) is 0 Å². The number of rotatable bonds is 5. The number of hydrogen-bond donors (Lipinski definition) is 2. The van der Waals surface area contributed by atoms with Crippen molar-refractivity contribution in [3.63, 3.8) is 0 Å². The van der Waals surface area contributed by atoms with Crippen molar-refractivity contribution >= 4 is 5.91 Å². The normalized spacial score (nSPS) is 15.8. The van der Waals surface area contributed by atoms with E-state index in [4.69, 9.17) is 5.73 Å². The van der Waals surface area contributed by atoms with Crippen LogP contribution in [0.2, 0.25) is 0 Å². The number of likely N-dealkylation sites (tertiary alicyclic amines) is 1. The van der Waals surface area contributed by atoms with Crippen LogP contribution in [0.5, 0.6) is 0 Å². The molecule has 2 rings (SSSR count). The fourth-order valence-corrected chi connectivity index (χ4v) is 2.23. The van der Waals surface area contributed by atoms with Gasteiger partial charge in [0.15, 0.2) is 0 Å². The molecule has 0 aromatic heterocycles. The van der Waals surface area contributed by atoms with Crippen LogP contribution in [-0.4, -0.2) is 37.0 Å². The summed E-state index contributed by atoms with van der Waals surface area (Å²) >= 11 is 0. The molecule has 1 saturated heterocycles. The van der Waals surface area contributed by atoms with E-state index in [9.17, 15) is 4.79 Å². The van der Waals surface area contributed by atoms with E-state index in [1.54, 1.807) is 0 Å². The molecular formula is C14H21N3O. The lowest BCUT2D eigenvalue weighted by Crippen LogP contribution is -2.33. The van der Waals surface area contributed by atoms with Crippen molar-refractivity contribution in [2.75, 3.05) is 26.2 Å². The van der Waals surface area contributed by atoms with E-state index in [1.807, 2.05) is 24.3 Å². The summed E-state index contributed by atoms with van der Waals surface area (Å²) in [6.07, 6.45) is 2.57. The lowest BCUT2D eigenvalue weighted by Gasteiger charge is -2.14. The van der Waals surface area contributed by atoms with E-state index >= 15 is 0 Å². The van der Waals surface area contributed by atoms with E-state index in [-0.39, 0.29) is 5.91 Å². The van der Waals surface area contributed by atoms with Gasteiger partial charge in [-0.3, -0.25) is 4.79 Å². The van der Waals surface area contributed by atoms with Gasteiger partial charge in [-0.2, -0.15) is 0 Å². The van der Waals surface area contributed by atoms with Gasteiger partial charge in [-0.1, -0.05) is 12.1 Å². The number of benzene rings is 1. The zero-order valence-corrected chi connectivity index (χ0v) is 10.7. The Hall–Kier alpha value is -1.39. The molecule has 0 bridgehead atoms. The van der Waals surface area contributed by atoms with Crippen LogP contribution in [0.4, 0.5) is 0 Å². The maximum Gasteiger partial charge on any atom is 0.251 e. The van der Waals surface area contributed by atoms with Gasteiger partial charge >= 0.3 is 0 Å². The van der Waals surface area contributed by atoms with E-state index in [0.717, 1.165) is 18.7 Å². The Morgan fingerprint density at radius 3 is 2.50 bits per heavy atom. The average Bonchev–Trinajstić information content (AvgIpc) is 2.92. The summed E-state index contributed by atoms with van der Waals surface area (Å²) in [6.45, 7) is 4.52. The molecule has 1 aliphatic heterocycles. The van der Waals surface area contributed by atoms with E-state index in [2.05, 4.69) is 10.2 Å². The standard InChI is InChI=1S/C14H21N3O/c15-11-12-3-5-13(6-4-12)14(18)16-7-10-17-8-1-2-9-17/h3-6H,1-2,7-11,15H2,(H,16,18). The monoisotopic (exact) mass is 247 g/mol. The molecule has 0 spiro atoms. The summed E-state index contributed by atoms with van der Waals surface area (Å²) < 4.78 is 0. The highest BCUT2D eigenvalue weighted by Gasteiger charge is 2.11. The Kier molecular flexibility index (Phi) is 4.73. The van der Waals surface area contributed by atoms with Crippen LogP contribution >= 0.6 is 0 Å². The first-order valence-electron chi connectivity index (χ1n) is 6.59. The Morgan fingerprint density at radius 1 is 1.22 bits per heavy atom. The lowest BCUT2D eigenvalue weighted by molar-refractivity contribution is 0.0950. The Labute approximate surface area is 108 Å². The molecule has 0 unspecified atom stereocenters. The zero-order chi connectivity index (χ0) is 12.8. The smallest absolute Gasteiger partial charge is 0.251 e. The van der Waals surface area contributed by atoms with Gasteiger partial charge in [0.05, 0.1) is 0 Å². The van der Waals surface area contributed by atoms with E-state index in [1.165, 1.54) is 25.9 Å². The van der Waals surface area contributed by atoms with Crippen LogP contribution in [0, 0.1) is 0 Å². The second-order valence-electron chi connectivity index (χ2n) is 4.71. The number of hydrogen-bond acceptors (Lipinski definition) is 3. The minimum absolute atomic E-state index is 0.00207. The number of nitrogens with two attached hydrogens (primary N) is 1. The molecule has 18 heavy (non-hydrogen) atoms. The van der Waals surface area contributed by atoms with Crippen LogP contribution in [0.1, 0.15) is 28.8 Å². The van der Waals surface area contributed by atoms with Crippen molar-refractivity contribution in [3.05, 3.63) is 35.4 Å². The first kappa shape index (κ1) is 13.1. The van der Waals surface area contributed by atoms with Crippen LogP contribution in [0.15, 0.2) is 24.3 Å². The second kappa shape index (κ2) is 6.52. The summed E-state index contributed by atoms with van der Waals surface area (Å²) in [4.78, 5) is 14.2. The molecule has 4 nitrogen and oxygen atoms in total. The molecule has 1 heterocycles. The van der Waals surface area contributed by atoms with E-state index in [0.29, 0.717) is 12.1 Å². The van der Waals surface area contributed by atoms with Crippen molar-refractivity contribution < 1.29 is 4.79 Å². The largest absolute Gasteiger partial charge is 0.351 e. The maximum atomic E-state index is 11.9. The van der Waals surface area contributed by atoms with Gasteiger partial charge in [0.1, 0.15) is 0 Å². The Balaban J connectivity index is 1.76. The van der Waals surface area contributed by atoms with Gasteiger partial charge in [0.2, 0.25) is 0 Å². The van der Waals surface area contributed by atoms with Crippen molar-refractivity contribution in [3.8, 4) is 0 Å². The van der Waals surface area contributed by atoms with Crippen LogP contribution < -0.4 is 11.1 Å². The third-order valence-corrected chi connectivity index (χ3v) is 3.36. The summed E-state index contributed by atoms with van der Waals surface area (Å²) in [5, 5.41) is 2.95. The molecule has 0 saturated carbocycles. The fraction of sp³-hybridized carbons (Fsp3) is 0.500. The van der Waals surface area contributed by atoms with Crippen molar-refractivity contribution in [2.45, 2.75) is 19.4 Å². The van der Waals surface area contributed by atoms with Gasteiger partial charge in [-0.25, -0.2) is 0 Å². The first-order valence-corrected chi connectivity index (χ1v) is 6.59. The second-order valence-corrected chi connectivity index (χ2v) is 4.71. The third kappa shape index (κ3) is 3.55. The van der Waals surface area contributed by atoms with Crippen LogP contribution in [0.3, 0.4) is 0 Å². The van der Waals surface area contributed by atoms with Gasteiger partial charge < -0.3 is 16.0 Å². The van der Waals surface area contributed by atoms with Crippen molar-refractivity contribution in [1.29, 1.82) is 0 Å². The predicted molar refractivity (Wildman–Crippen MR) is 72.3 cm³/mol. The molecule has 1 amide bonds. The molecule has 0 aliphatic carbocycles. The number of carbonyl (C=O) groups excluding carboxylic acids is 1. The number of carbonyl (C=O) groups is 1. The summed E-state index contributed by atoms with van der Waals surface area (Å²) in [6, 6.07) is 7.45. The highest BCUT2D eigenvalue weighted by atomic mass is 16.1. The van der Waals surface area contributed by atoms with E-state index < -0.39 is 0 Å². The SMILES string of the molecule is NCc1ccc(C(=O)NCCN2CCCC2)cc1. The molecule has 1 aliphatic rings. The number of amides is 1. The highest BCUT2D eigenvalue weighted by Crippen LogP contribution is 2.06. The number of nitrogens with zero attached hydrogens (tertiary/aromatic N) is 1. The average molecular weight is 247 g/mol. The highest BCUT2D eigenvalue weighted by molar-refractivity contribution is 5.94. The molecule has 0 radical (unpaired) electrons. The topological polar surface area (TPSA) is 58.4 Å². The zero-order valence-electron chi connectivity index (χ0n) is 10.7. The molecular weight excluding hydrogens is 226 g/mol. The fourth-order valence-electron chi connectivity index (χ4n) is 2.23. The van der Waals surface area contributed by atoms with Crippen LogP contribution in [-0.2, 0) is 6.54 Å². The summed E-state index contributed by atoms with van der Waals surface area (Å²) in [7, 11) is 0.